The Balaban J connectivity index is 1.41. The topological polar surface area (TPSA) is 63.1 Å². The minimum atomic E-state index is 0.00782. The molecule has 1 atom stereocenters. The van der Waals surface area contributed by atoms with E-state index in [2.05, 4.69) is 19.9 Å². The Bertz CT molecular complexity index is 664. The van der Waals surface area contributed by atoms with Crippen LogP contribution in [-0.4, -0.2) is 32.0 Å². The maximum absolute atomic E-state index is 12.7. The molecule has 4 rings (SSSR count). The summed E-state index contributed by atoms with van der Waals surface area (Å²) in [4.78, 5) is 23.2. The van der Waals surface area contributed by atoms with E-state index in [1.165, 1.54) is 12.8 Å². The van der Waals surface area contributed by atoms with Crippen LogP contribution in [0.1, 0.15) is 54.9 Å². The number of piperidine rings is 1. The van der Waals surface area contributed by atoms with E-state index < -0.39 is 0 Å². The fraction of sp³-hybridized carbons (Fsp3) is 0.562. The highest BCUT2D eigenvalue weighted by atomic mass is 32.1. The van der Waals surface area contributed by atoms with E-state index in [4.69, 9.17) is 0 Å². The van der Waals surface area contributed by atoms with Gasteiger partial charge < -0.3 is 14.8 Å². The normalized spacial score (nSPS) is 21.4. The van der Waals surface area contributed by atoms with Gasteiger partial charge in [-0.15, -0.1) is 11.3 Å². The van der Waals surface area contributed by atoms with Crippen molar-refractivity contribution in [2.45, 2.75) is 50.7 Å². The highest BCUT2D eigenvalue weighted by Crippen LogP contribution is 2.35. The Hall–Kier alpha value is -1.89. The standard InChI is InChI=1S/C16H21N5OS/c22-16(19-10-13-9-17-11-21(13)12-4-5-12)20-7-2-1-3-14(20)15-18-6-8-23-15/h6,8-9,11-12,14H,1-5,7,10H2,(H,19,22)/t14-/m1/s1. The largest absolute Gasteiger partial charge is 0.332 e. The van der Waals surface area contributed by atoms with Crippen LogP contribution in [-0.2, 0) is 6.54 Å². The molecule has 1 saturated heterocycles. The lowest BCUT2D eigenvalue weighted by molar-refractivity contribution is 0.151. The maximum Gasteiger partial charge on any atom is 0.318 e. The molecule has 0 spiro atoms. The Labute approximate surface area is 139 Å². The zero-order valence-electron chi connectivity index (χ0n) is 13.0. The molecule has 0 bridgehead atoms. The number of imidazole rings is 1. The summed E-state index contributed by atoms with van der Waals surface area (Å²) in [5.74, 6) is 0. The number of hydrogen-bond acceptors (Lipinski definition) is 4. The van der Waals surface area contributed by atoms with E-state index in [-0.39, 0.29) is 12.1 Å². The lowest BCUT2D eigenvalue weighted by Crippen LogP contribution is -2.44. The van der Waals surface area contributed by atoms with E-state index >= 15 is 0 Å². The molecule has 2 fully saturated rings. The van der Waals surface area contributed by atoms with Crippen molar-refractivity contribution in [3.8, 4) is 0 Å². The molecule has 23 heavy (non-hydrogen) atoms. The first-order chi connectivity index (χ1) is 11.3. The van der Waals surface area contributed by atoms with Crippen molar-refractivity contribution in [3.05, 3.63) is 34.8 Å². The Morgan fingerprint density at radius 2 is 2.26 bits per heavy atom. The first-order valence-electron chi connectivity index (χ1n) is 8.27. The minimum Gasteiger partial charge on any atom is -0.332 e. The monoisotopic (exact) mass is 331 g/mol. The van der Waals surface area contributed by atoms with Crippen LogP contribution in [0.4, 0.5) is 4.79 Å². The van der Waals surface area contributed by atoms with Gasteiger partial charge in [0, 0.05) is 30.4 Å². The Morgan fingerprint density at radius 1 is 1.35 bits per heavy atom. The van der Waals surface area contributed by atoms with Crippen molar-refractivity contribution in [2.24, 2.45) is 0 Å². The fourth-order valence-corrected chi connectivity index (χ4v) is 4.03. The van der Waals surface area contributed by atoms with Gasteiger partial charge in [0.15, 0.2) is 0 Å². The highest BCUT2D eigenvalue weighted by molar-refractivity contribution is 7.09. The average molecular weight is 331 g/mol. The number of carbonyl (C=O) groups excluding carboxylic acids is 1. The van der Waals surface area contributed by atoms with Crippen LogP contribution in [0.25, 0.3) is 0 Å². The van der Waals surface area contributed by atoms with Crippen molar-refractivity contribution in [2.75, 3.05) is 6.54 Å². The zero-order valence-corrected chi connectivity index (χ0v) is 13.8. The highest BCUT2D eigenvalue weighted by Gasteiger charge is 2.30. The van der Waals surface area contributed by atoms with Crippen molar-refractivity contribution < 1.29 is 4.79 Å². The number of amides is 2. The van der Waals surface area contributed by atoms with Crippen LogP contribution in [0, 0.1) is 0 Å². The molecule has 2 aromatic heterocycles. The fourth-order valence-electron chi connectivity index (χ4n) is 3.25. The molecule has 2 aliphatic rings. The third-order valence-corrected chi connectivity index (χ3v) is 5.48. The third-order valence-electron chi connectivity index (χ3n) is 4.61. The predicted octanol–water partition coefficient (Wildman–Crippen LogP) is 3.11. The quantitative estimate of drug-likeness (QED) is 0.936. The lowest BCUT2D eigenvalue weighted by atomic mass is 10.0. The van der Waals surface area contributed by atoms with Crippen molar-refractivity contribution in [1.82, 2.24) is 24.8 Å². The van der Waals surface area contributed by atoms with Gasteiger partial charge in [-0.25, -0.2) is 14.8 Å². The van der Waals surface area contributed by atoms with Gasteiger partial charge in [-0.2, -0.15) is 0 Å². The molecule has 1 aliphatic carbocycles. The third kappa shape index (κ3) is 3.10. The summed E-state index contributed by atoms with van der Waals surface area (Å²) in [5, 5.41) is 6.10. The molecule has 0 unspecified atom stereocenters. The smallest absolute Gasteiger partial charge is 0.318 e. The molecule has 0 aromatic carbocycles. The Morgan fingerprint density at radius 3 is 3.04 bits per heavy atom. The number of rotatable bonds is 4. The number of nitrogens with zero attached hydrogens (tertiary/aromatic N) is 4. The van der Waals surface area contributed by atoms with Gasteiger partial charge in [-0.05, 0) is 32.1 Å². The number of carbonyl (C=O) groups is 1. The van der Waals surface area contributed by atoms with Crippen LogP contribution in [0.3, 0.4) is 0 Å². The molecule has 0 radical (unpaired) electrons. The SMILES string of the molecule is O=C(NCc1cncn1C1CC1)N1CCCC[C@@H]1c1nccs1. The number of hydrogen-bond donors (Lipinski definition) is 1. The first-order valence-corrected chi connectivity index (χ1v) is 9.15. The molecular weight excluding hydrogens is 310 g/mol. The second kappa shape index (κ2) is 6.31. The van der Waals surface area contributed by atoms with Crippen molar-refractivity contribution in [1.29, 1.82) is 0 Å². The summed E-state index contributed by atoms with van der Waals surface area (Å²) in [7, 11) is 0. The zero-order chi connectivity index (χ0) is 15.6. The molecule has 2 amide bonds. The maximum atomic E-state index is 12.7. The van der Waals surface area contributed by atoms with E-state index in [1.807, 2.05) is 29.0 Å². The van der Waals surface area contributed by atoms with Gasteiger partial charge in [0.2, 0.25) is 0 Å². The predicted molar refractivity (Wildman–Crippen MR) is 88.1 cm³/mol. The van der Waals surface area contributed by atoms with Crippen LogP contribution in [0.2, 0.25) is 0 Å². The van der Waals surface area contributed by atoms with Gasteiger partial charge in [0.25, 0.3) is 0 Å². The van der Waals surface area contributed by atoms with E-state index in [0.717, 1.165) is 36.5 Å². The van der Waals surface area contributed by atoms with Crippen LogP contribution >= 0.6 is 11.3 Å². The Kier molecular flexibility index (Phi) is 4.03. The second-order valence-corrected chi connectivity index (χ2v) is 7.18. The van der Waals surface area contributed by atoms with Crippen molar-refractivity contribution >= 4 is 17.4 Å². The van der Waals surface area contributed by atoms with Crippen LogP contribution in [0.5, 0.6) is 0 Å². The van der Waals surface area contributed by atoms with Gasteiger partial charge in [0.05, 0.1) is 24.6 Å². The van der Waals surface area contributed by atoms with Crippen LogP contribution < -0.4 is 5.32 Å². The summed E-state index contributed by atoms with van der Waals surface area (Å²) >= 11 is 1.63. The van der Waals surface area contributed by atoms with Gasteiger partial charge in [-0.3, -0.25) is 0 Å². The van der Waals surface area contributed by atoms with E-state index in [0.29, 0.717) is 12.6 Å². The second-order valence-electron chi connectivity index (χ2n) is 6.26. The summed E-state index contributed by atoms with van der Waals surface area (Å²) in [6.45, 7) is 1.34. The number of thiazole rings is 1. The first kappa shape index (κ1) is 14.7. The summed E-state index contributed by atoms with van der Waals surface area (Å²) < 4.78 is 2.19. The van der Waals surface area contributed by atoms with E-state index in [9.17, 15) is 4.79 Å². The summed E-state index contributed by atoms with van der Waals surface area (Å²) in [5.41, 5.74) is 1.09. The number of urea groups is 1. The molecule has 2 aromatic rings. The van der Waals surface area contributed by atoms with E-state index in [1.54, 1.807) is 11.3 Å². The molecule has 3 heterocycles. The van der Waals surface area contributed by atoms with Crippen molar-refractivity contribution in [3.63, 3.8) is 0 Å². The lowest BCUT2D eigenvalue weighted by Gasteiger charge is -2.34. The molecule has 122 valence electrons. The average Bonchev–Trinajstić information content (AvgIpc) is 3.10. The number of aromatic nitrogens is 3. The van der Waals surface area contributed by atoms with Gasteiger partial charge in [-0.1, -0.05) is 0 Å². The minimum absolute atomic E-state index is 0.00782. The summed E-state index contributed by atoms with van der Waals surface area (Å²) in [6, 6.07) is 0.716. The van der Waals surface area contributed by atoms with Gasteiger partial charge in [0.1, 0.15) is 5.01 Å². The molecule has 7 heteroatoms. The van der Waals surface area contributed by atoms with Gasteiger partial charge >= 0.3 is 6.03 Å². The molecule has 6 nitrogen and oxygen atoms in total. The molecule has 1 N–H and O–H groups in total. The van der Waals surface area contributed by atoms with Crippen LogP contribution in [0.15, 0.2) is 24.1 Å². The summed E-state index contributed by atoms with van der Waals surface area (Å²) in [6.07, 6.45) is 11.2. The molecular formula is C16H21N5OS. The number of nitrogens with one attached hydrogen (secondary N) is 1. The molecule has 1 saturated carbocycles. The molecule has 1 aliphatic heterocycles. The number of likely N-dealkylation sites (tertiary alicyclic amines) is 1.